The van der Waals surface area contributed by atoms with Gasteiger partial charge in [-0.25, -0.2) is 13.6 Å². The number of aromatic nitrogens is 2. The van der Waals surface area contributed by atoms with Crippen molar-refractivity contribution >= 4 is 16.0 Å². The van der Waals surface area contributed by atoms with Crippen LogP contribution in [0.3, 0.4) is 0 Å². The highest BCUT2D eigenvalue weighted by Crippen LogP contribution is 2.35. The van der Waals surface area contributed by atoms with Crippen LogP contribution in [0.25, 0.3) is 22.4 Å². The number of aromatic carboxylic acids is 1. The van der Waals surface area contributed by atoms with Crippen molar-refractivity contribution in [3.8, 4) is 22.4 Å². The van der Waals surface area contributed by atoms with Crippen LogP contribution >= 0.6 is 0 Å². The number of sulfonamides is 1. The fourth-order valence-corrected chi connectivity index (χ4v) is 4.05. The quantitative estimate of drug-likeness (QED) is 0.488. The van der Waals surface area contributed by atoms with Crippen molar-refractivity contribution in [2.45, 2.75) is 18.4 Å². The highest BCUT2D eigenvalue weighted by atomic mass is 32.2. The van der Waals surface area contributed by atoms with Crippen molar-refractivity contribution in [3.63, 3.8) is 0 Å². The lowest BCUT2D eigenvalue weighted by molar-refractivity contribution is -0.255. The van der Waals surface area contributed by atoms with E-state index < -0.39 is 16.0 Å². The van der Waals surface area contributed by atoms with E-state index in [0.717, 1.165) is 11.1 Å². The van der Waals surface area contributed by atoms with Crippen LogP contribution in [0, 0.1) is 6.92 Å². The Morgan fingerprint density at radius 2 is 1.53 bits per heavy atom. The first-order chi connectivity index (χ1) is 15.2. The van der Waals surface area contributed by atoms with Crippen LogP contribution in [0.4, 0.5) is 0 Å². The van der Waals surface area contributed by atoms with Crippen LogP contribution < -0.4 is 10.2 Å². The van der Waals surface area contributed by atoms with E-state index in [9.17, 15) is 18.3 Å². The maximum absolute atomic E-state index is 12.2. The molecule has 162 valence electrons. The van der Waals surface area contributed by atoms with Crippen LogP contribution in [0.1, 0.15) is 21.6 Å². The first-order valence-corrected chi connectivity index (χ1v) is 11.3. The number of carbonyl (C=O) groups is 1. The third kappa shape index (κ3) is 4.32. The summed E-state index contributed by atoms with van der Waals surface area (Å²) in [6.07, 6.45) is 0. The van der Waals surface area contributed by atoms with E-state index in [1.807, 2.05) is 61.5 Å². The van der Waals surface area contributed by atoms with Gasteiger partial charge in [0.2, 0.25) is 10.0 Å². The molecule has 0 amide bonds. The first-order valence-electron chi connectivity index (χ1n) is 9.80. The summed E-state index contributed by atoms with van der Waals surface area (Å²) < 4.78 is 24.7. The van der Waals surface area contributed by atoms with Crippen LogP contribution in [-0.4, -0.2) is 24.2 Å². The number of carbonyl (C=O) groups excluding carboxylic acids is 1. The Morgan fingerprint density at radius 1 is 0.938 bits per heavy atom. The summed E-state index contributed by atoms with van der Waals surface area (Å²) in [7, 11) is -3.86. The van der Waals surface area contributed by atoms with Crippen molar-refractivity contribution in [2.24, 2.45) is 5.14 Å². The molecule has 0 fully saturated rings. The Morgan fingerprint density at radius 3 is 2.09 bits per heavy atom. The van der Waals surface area contributed by atoms with Gasteiger partial charge in [0.25, 0.3) is 0 Å². The second-order valence-corrected chi connectivity index (χ2v) is 9.00. The molecule has 0 saturated heterocycles. The summed E-state index contributed by atoms with van der Waals surface area (Å²) in [5.74, 6) is -1.35. The van der Waals surface area contributed by atoms with Crippen LogP contribution in [0.5, 0.6) is 0 Å². The van der Waals surface area contributed by atoms with E-state index in [1.54, 1.807) is 12.1 Å². The van der Waals surface area contributed by atoms with Gasteiger partial charge in [-0.3, -0.25) is 4.68 Å². The second-order valence-electron chi connectivity index (χ2n) is 7.44. The molecule has 0 bridgehead atoms. The zero-order chi connectivity index (χ0) is 22.9. The third-order valence-corrected chi connectivity index (χ3v) is 6.05. The molecule has 4 aromatic rings. The second kappa shape index (κ2) is 8.41. The van der Waals surface area contributed by atoms with Gasteiger partial charge in [0, 0.05) is 11.1 Å². The van der Waals surface area contributed by atoms with Gasteiger partial charge in [-0.05, 0) is 30.2 Å². The number of hydrogen-bond donors (Lipinski definition) is 1. The maximum Gasteiger partial charge on any atom is 0.238 e. The normalized spacial score (nSPS) is 11.4. The van der Waals surface area contributed by atoms with Crippen molar-refractivity contribution in [1.82, 2.24) is 9.78 Å². The Labute approximate surface area is 185 Å². The minimum atomic E-state index is -3.86. The van der Waals surface area contributed by atoms with E-state index >= 15 is 0 Å². The first kappa shape index (κ1) is 21.5. The molecule has 7 nitrogen and oxygen atoms in total. The molecular weight excluding hydrogens is 426 g/mol. The summed E-state index contributed by atoms with van der Waals surface area (Å²) in [4.78, 5) is 12.2. The van der Waals surface area contributed by atoms with Crippen molar-refractivity contribution < 1.29 is 18.3 Å². The molecule has 2 N–H and O–H groups in total. The van der Waals surface area contributed by atoms with Gasteiger partial charge >= 0.3 is 0 Å². The molecule has 0 aliphatic carbocycles. The third-order valence-electron chi connectivity index (χ3n) is 5.12. The van der Waals surface area contributed by atoms with Gasteiger partial charge in [-0.2, -0.15) is 5.10 Å². The van der Waals surface area contributed by atoms with Crippen LogP contribution in [0.2, 0.25) is 0 Å². The molecule has 0 atom stereocenters. The molecule has 0 saturated carbocycles. The summed E-state index contributed by atoms with van der Waals surface area (Å²) in [5.41, 5.74) is 3.89. The molecule has 0 aliphatic heterocycles. The molecule has 0 unspecified atom stereocenters. The summed E-state index contributed by atoms with van der Waals surface area (Å²) >= 11 is 0. The number of primary sulfonamides is 1. The molecule has 0 aliphatic rings. The number of carboxylic acids is 1. The van der Waals surface area contributed by atoms with Gasteiger partial charge in [0.15, 0.2) is 0 Å². The lowest BCUT2D eigenvalue weighted by Gasteiger charge is -2.11. The minimum Gasteiger partial charge on any atom is -0.543 e. The van der Waals surface area contributed by atoms with Gasteiger partial charge in [-0.15, -0.1) is 0 Å². The zero-order valence-electron chi connectivity index (χ0n) is 17.2. The average molecular weight is 447 g/mol. The molecule has 32 heavy (non-hydrogen) atoms. The molecule has 4 rings (SSSR count). The number of nitrogens with two attached hydrogens (primary N) is 1. The highest BCUT2D eigenvalue weighted by Gasteiger charge is 2.22. The molecule has 8 heteroatoms. The van der Waals surface area contributed by atoms with E-state index in [0.29, 0.717) is 22.4 Å². The van der Waals surface area contributed by atoms with E-state index in [2.05, 4.69) is 5.10 Å². The molecular formula is C24H20N3O4S-. The molecule has 1 heterocycles. The predicted molar refractivity (Wildman–Crippen MR) is 119 cm³/mol. The maximum atomic E-state index is 12.2. The summed E-state index contributed by atoms with van der Waals surface area (Å²) in [5, 5.41) is 22.0. The Kier molecular flexibility index (Phi) is 5.65. The largest absolute Gasteiger partial charge is 0.543 e. The minimum absolute atomic E-state index is 0.0398. The van der Waals surface area contributed by atoms with Gasteiger partial charge in [0.1, 0.15) is 5.69 Å². The van der Waals surface area contributed by atoms with Crippen LogP contribution in [-0.2, 0) is 16.6 Å². The number of aryl methyl sites for hydroxylation is 1. The molecule has 3 aromatic carbocycles. The fraction of sp³-hybridized carbons (Fsp3) is 0.0833. The monoisotopic (exact) mass is 446 g/mol. The Bertz CT molecular complexity index is 1380. The lowest BCUT2D eigenvalue weighted by Crippen LogP contribution is -2.27. The van der Waals surface area contributed by atoms with E-state index in [4.69, 9.17) is 5.14 Å². The smallest absolute Gasteiger partial charge is 0.238 e. The van der Waals surface area contributed by atoms with Crippen molar-refractivity contribution in [2.75, 3.05) is 0 Å². The van der Waals surface area contributed by atoms with Crippen molar-refractivity contribution in [3.05, 3.63) is 95.7 Å². The topological polar surface area (TPSA) is 118 Å². The number of benzene rings is 3. The summed E-state index contributed by atoms with van der Waals surface area (Å²) in [6, 6.07) is 22.7. The lowest BCUT2D eigenvalue weighted by atomic mass is 9.98. The van der Waals surface area contributed by atoms with E-state index in [-0.39, 0.29) is 17.1 Å². The number of hydrogen-bond acceptors (Lipinski definition) is 5. The van der Waals surface area contributed by atoms with Gasteiger partial charge in [-0.1, -0.05) is 72.3 Å². The fourth-order valence-electron chi connectivity index (χ4n) is 3.54. The Hall–Kier alpha value is -3.75. The van der Waals surface area contributed by atoms with Gasteiger partial charge in [0.05, 0.1) is 23.1 Å². The van der Waals surface area contributed by atoms with Gasteiger partial charge < -0.3 is 9.90 Å². The molecule has 1 aromatic heterocycles. The standard InChI is InChI=1S/C24H21N3O4S/c1-16-7-9-18(10-8-16)21-22(19-11-13-20(14-12-19)32(25,30)31)26-27(23(21)24(28)29)15-17-5-3-2-4-6-17/h2-14H,15H2,1H3,(H,28,29)(H2,25,30,31)/p-1. The van der Waals surface area contributed by atoms with Crippen LogP contribution in [0.15, 0.2) is 83.8 Å². The molecule has 0 spiro atoms. The van der Waals surface area contributed by atoms with E-state index in [1.165, 1.54) is 16.8 Å². The number of rotatable bonds is 6. The van der Waals surface area contributed by atoms with Crippen molar-refractivity contribution in [1.29, 1.82) is 0 Å². The molecule has 0 radical (unpaired) electrons. The SMILES string of the molecule is Cc1ccc(-c2c(-c3ccc(S(N)(=O)=O)cc3)nn(Cc3ccccc3)c2C(=O)[O-])cc1. The highest BCUT2D eigenvalue weighted by molar-refractivity contribution is 7.89. The Balaban J connectivity index is 1.94. The number of carboxylic acid groups (broad SMARTS) is 1. The zero-order valence-corrected chi connectivity index (χ0v) is 18.0. The predicted octanol–water partition coefficient (Wildman–Crippen LogP) is 2.58. The summed E-state index contributed by atoms with van der Waals surface area (Å²) in [6.45, 7) is 2.17. The average Bonchev–Trinajstić information content (AvgIpc) is 3.14. The number of nitrogens with zero attached hydrogens (tertiary/aromatic N) is 2.